The Balaban J connectivity index is 0.932. The third kappa shape index (κ3) is 5.84. The quantitative estimate of drug-likeness (QED) is 0.201. The summed E-state index contributed by atoms with van der Waals surface area (Å²) < 4.78 is 30.2. The Morgan fingerprint density at radius 2 is 1.78 bits per heavy atom. The van der Waals surface area contributed by atoms with E-state index in [9.17, 15) is 23.2 Å². The van der Waals surface area contributed by atoms with Gasteiger partial charge in [-0.3, -0.25) is 14.4 Å². The summed E-state index contributed by atoms with van der Waals surface area (Å²) in [7, 11) is 0. The summed E-state index contributed by atoms with van der Waals surface area (Å²) in [6.45, 7) is 2.03. The fourth-order valence-corrected chi connectivity index (χ4v) is 7.62. The Labute approximate surface area is 283 Å². The van der Waals surface area contributed by atoms with Gasteiger partial charge in [0.2, 0.25) is 5.91 Å². The number of amides is 2. The van der Waals surface area contributed by atoms with Crippen LogP contribution in [-0.4, -0.2) is 67.3 Å². The third-order valence-corrected chi connectivity index (χ3v) is 10.4. The number of carbonyl (C=O) groups is 2. The number of nitrogens with one attached hydrogen (secondary N) is 2. The minimum Gasteiger partial charge on any atom is -0.380 e. The van der Waals surface area contributed by atoms with Gasteiger partial charge in [0.1, 0.15) is 23.4 Å². The van der Waals surface area contributed by atoms with Crippen molar-refractivity contribution in [3.05, 3.63) is 111 Å². The fraction of sp³-hybridized carbons (Fsp3) is 0.250. The molecule has 1 unspecified atom stereocenters. The molecule has 0 spiro atoms. The van der Waals surface area contributed by atoms with Gasteiger partial charge < -0.3 is 20.1 Å². The van der Waals surface area contributed by atoms with Crippen LogP contribution in [0.1, 0.15) is 40.5 Å². The smallest absolute Gasteiger partial charge is 0.256 e. The van der Waals surface area contributed by atoms with Crippen molar-refractivity contribution in [1.29, 1.82) is 0 Å². The Morgan fingerprint density at radius 1 is 0.939 bits per heavy atom. The minimum atomic E-state index is -0.726. The van der Waals surface area contributed by atoms with E-state index in [0.717, 1.165) is 36.0 Å². The van der Waals surface area contributed by atoms with Gasteiger partial charge in [0.05, 0.1) is 17.3 Å². The predicted octanol–water partition coefficient (Wildman–Crippen LogP) is 5.97. The molecule has 2 aliphatic rings. The van der Waals surface area contributed by atoms with Crippen molar-refractivity contribution in [3.8, 4) is 11.3 Å². The van der Waals surface area contributed by atoms with E-state index in [0.29, 0.717) is 50.1 Å². The highest BCUT2D eigenvalue weighted by atomic mass is 32.1. The number of likely N-dealkylation sites (tertiary alicyclic amines) is 2. The summed E-state index contributed by atoms with van der Waals surface area (Å²) in [5.74, 6) is -1.74. The summed E-state index contributed by atoms with van der Waals surface area (Å²) in [5, 5.41) is 14.3. The zero-order chi connectivity index (χ0) is 33.6. The van der Waals surface area contributed by atoms with Crippen LogP contribution in [0.3, 0.4) is 0 Å². The van der Waals surface area contributed by atoms with Crippen molar-refractivity contribution in [1.82, 2.24) is 29.8 Å². The van der Waals surface area contributed by atoms with Crippen molar-refractivity contribution >= 4 is 50.6 Å². The number of pyridine rings is 1. The molecule has 3 aromatic carbocycles. The van der Waals surface area contributed by atoms with Crippen molar-refractivity contribution in [2.45, 2.75) is 37.9 Å². The molecular weight excluding hydrogens is 649 g/mol. The van der Waals surface area contributed by atoms with E-state index >= 15 is 0 Å². The molecule has 0 aliphatic carbocycles. The lowest BCUT2D eigenvalue weighted by Gasteiger charge is -2.37. The maximum Gasteiger partial charge on any atom is 0.256 e. The van der Waals surface area contributed by atoms with Gasteiger partial charge >= 0.3 is 0 Å². The van der Waals surface area contributed by atoms with Gasteiger partial charge in [-0.25, -0.2) is 13.5 Å². The molecule has 2 aliphatic heterocycles. The summed E-state index contributed by atoms with van der Waals surface area (Å²) >= 11 is 1.70. The highest BCUT2D eigenvalue weighted by Crippen LogP contribution is 2.31. The second kappa shape index (κ2) is 12.5. The molecule has 13 heteroatoms. The molecule has 0 bridgehead atoms. The first-order valence-corrected chi connectivity index (χ1v) is 17.0. The zero-order valence-corrected chi connectivity index (χ0v) is 27.1. The number of carbonyl (C=O) groups excluding carboxylic acids is 2. The highest BCUT2D eigenvalue weighted by molar-refractivity contribution is 7.09. The minimum absolute atomic E-state index is 0.0140. The molecule has 2 N–H and O–H groups in total. The van der Waals surface area contributed by atoms with Crippen molar-refractivity contribution < 1.29 is 18.4 Å². The summed E-state index contributed by atoms with van der Waals surface area (Å²) in [6.07, 6.45) is 3.54. The summed E-state index contributed by atoms with van der Waals surface area (Å²) in [4.78, 5) is 48.2. The first kappa shape index (κ1) is 30.9. The number of aromatic amines is 1. The molecule has 6 aromatic rings. The second-order valence-corrected chi connectivity index (χ2v) is 13.5. The molecular formula is C36H31F2N7O3S. The molecule has 8 rings (SSSR count). The van der Waals surface area contributed by atoms with Crippen LogP contribution in [0.4, 0.5) is 14.5 Å². The normalized spacial score (nSPS) is 17.0. The molecule has 10 nitrogen and oxygen atoms in total. The molecule has 0 saturated carbocycles. The van der Waals surface area contributed by atoms with Crippen LogP contribution in [0.2, 0.25) is 0 Å². The van der Waals surface area contributed by atoms with Gasteiger partial charge in [-0.15, -0.1) is 16.4 Å². The standard InChI is InChI=1S/C36H31F2N7O3S/c37-22-6-7-30-27(16-22)34(46)28-17-23(38)18-29(33(28)40-30)35(47)43-11-8-25(9-12-43)44-13-10-32(36(44)48)45-20-31(41-42-45)21-3-1-4-24(15-21)39-19-26-5-2-14-49-26/h1-7,14-18,20,25,32,39H,8-13,19H2,(H,40,46). The average Bonchev–Trinajstić information content (AvgIpc) is 3.90. The number of halogens is 2. The van der Waals surface area contributed by atoms with Gasteiger partial charge in [-0.1, -0.05) is 23.4 Å². The first-order chi connectivity index (χ1) is 23.8. The van der Waals surface area contributed by atoms with Crippen LogP contribution in [0, 0.1) is 11.6 Å². The molecule has 2 amide bonds. The number of anilines is 1. The largest absolute Gasteiger partial charge is 0.380 e. The molecule has 5 heterocycles. The van der Waals surface area contributed by atoms with Crippen LogP contribution in [0.5, 0.6) is 0 Å². The highest BCUT2D eigenvalue weighted by Gasteiger charge is 2.39. The van der Waals surface area contributed by atoms with Gasteiger partial charge in [0, 0.05) is 64.6 Å². The van der Waals surface area contributed by atoms with Crippen molar-refractivity contribution in [2.75, 3.05) is 25.0 Å². The number of piperidine rings is 1. The third-order valence-electron chi connectivity index (χ3n) is 9.50. The number of H-pyrrole nitrogens is 1. The number of hydrogen-bond acceptors (Lipinski definition) is 7. The Kier molecular flexibility index (Phi) is 7.91. The van der Waals surface area contributed by atoms with Crippen molar-refractivity contribution in [2.24, 2.45) is 0 Å². The molecule has 248 valence electrons. The Morgan fingerprint density at radius 3 is 2.59 bits per heavy atom. The number of aromatic nitrogens is 4. The molecule has 1 atom stereocenters. The number of hydrogen-bond donors (Lipinski definition) is 2. The van der Waals surface area contributed by atoms with E-state index in [4.69, 9.17) is 0 Å². The van der Waals surface area contributed by atoms with E-state index < -0.39 is 29.0 Å². The average molecular weight is 680 g/mol. The fourth-order valence-electron chi connectivity index (χ4n) is 6.98. The van der Waals surface area contributed by atoms with Crippen molar-refractivity contribution in [3.63, 3.8) is 0 Å². The van der Waals surface area contributed by atoms with E-state index in [1.54, 1.807) is 20.9 Å². The molecule has 2 saturated heterocycles. The predicted molar refractivity (Wildman–Crippen MR) is 183 cm³/mol. The van der Waals surface area contributed by atoms with Gasteiger partial charge in [0.25, 0.3) is 5.91 Å². The van der Waals surface area contributed by atoms with Crippen LogP contribution in [-0.2, 0) is 11.3 Å². The van der Waals surface area contributed by atoms with Gasteiger partial charge in [0.15, 0.2) is 5.43 Å². The maximum atomic E-state index is 14.7. The van der Waals surface area contributed by atoms with Crippen LogP contribution >= 0.6 is 11.3 Å². The zero-order valence-electron chi connectivity index (χ0n) is 26.2. The lowest BCUT2D eigenvalue weighted by atomic mass is 10.0. The number of benzene rings is 3. The number of rotatable bonds is 7. The lowest BCUT2D eigenvalue weighted by molar-refractivity contribution is -0.133. The molecule has 0 radical (unpaired) electrons. The summed E-state index contributed by atoms with van der Waals surface area (Å²) in [6, 6.07) is 17.5. The van der Waals surface area contributed by atoms with Gasteiger partial charge in [-0.2, -0.15) is 0 Å². The topological polar surface area (TPSA) is 116 Å². The van der Waals surface area contributed by atoms with E-state index in [-0.39, 0.29) is 33.8 Å². The van der Waals surface area contributed by atoms with Gasteiger partial charge in [-0.05, 0) is 73.2 Å². The monoisotopic (exact) mass is 679 g/mol. The van der Waals surface area contributed by atoms with E-state index in [2.05, 4.69) is 32.1 Å². The lowest BCUT2D eigenvalue weighted by Crippen LogP contribution is -2.47. The summed E-state index contributed by atoms with van der Waals surface area (Å²) in [5.41, 5.74) is 2.62. The molecule has 2 fully saturated rings. The van der Waals surface area contributed by atoms with E-state index in [1.165, 1.54) is 17.0 Å². The number of fused-ring (bicyclic) bond motifs is 2. The number of nitrogens with zero attached hydrogens (tertiary/aromatic N) is 5. The SMILES string of the molecule is O=C(c1cc(F)cc2c(=O)c3cc(F)ccc3[nH]c12)N1CCC(N2CCC(n3cc(-c4cccc(NCc5cccs5)c4)nn3)C2=O)CC1. The van der Waals surface area contributed by atoms with Crippen LogP contribution in [0.15, 0.2) is 83.1 Å². The van der Waals surface area contributed by atoms with Crippen LogP contribution in [0.25, 0.3) is 33.1 Å². The maximum absolute atomic E-state index is 14.7. The Hall–Kier alpha value is -5.43. The molecule has 49 heavy (non-hydrogen) atoms. The van der Waals surface area contributed by atoms with E-state index in [1.807, 2.05) is 41.4 Å². The second-order valence-electron chi connectivity index (χ2n) is 12.5. The first-order valence-electron chi connectivity index (χ1n) is 16.2. The van der Waals surface area contributed by atoms with Crippen LogP contribution < -0.4 is 10.7 Å². The number of thiophene rings is 1. The molecule has 3 aromatic heterocycles. The Bertz CT molecular complexity index is 2280.